The van der Waals surface area contributed by atoms with Crippen LogP contribution in [0.5, 0.6) is 5.75 Å². The van der Waals surface area contributed by atoms with Crippen molar-refractivity contribution >= 4 is 68.0 Å². The maximum Gasteiger partial charge on any atom is 0.283 e. The number of halogens is 2. The van der Waals surface area contributed by atoms with E-state index in [0.29, 0.717) is 11.4 Å². The summed E-state index contributed by atoms with van der Waals surface area (Å²) in [6, 6.07) is 15.9. The van der Waals surface area contributed by atoms with Gasteiger partial charge in [0.15, 0.2) is 0 Å². The van der Waals surface area contributed by atoms with Crippen molar-refractivity contribution in [2.24, 2.45) is 5.14 Å². The molecule has 1 aliphatic rings. The van der Waals surface area contributed by atoms with Crippen molar-refractivity contribution in [2.75, 3.05) is 22.6 Å². The van der Waals surface area contributed by atoms with Gasteiger partial charge in [-0.2, -0.15) is 0 Å². The first-order valence-corrected chi connectivity index (χ1v) is 12.7. The molecule has 0 atom stereocenters. The summed E-state index contributed by atoms with van der Waals surface area (Å²) >= 11 is 12.3. The Balaban J connectivity index is 1.54. The molecule has 0 spiro atoms. The van der Waals surface area contributed by atoms with E-state index in [1.165, 1.54) is 55.6 Å². The smallest absolute Gasteiger partial charge is 0.283 e. The number of sulfonamides is 1. The number of benzene rings is 3. The van der Waals surface area contributed by atoms with Crippen LogP contribution in [-0.2, 0) is 19.6 Å². The monoisotopic (exact) mass is 560 g/mol. The number of anilines is 3. The highest BCUT2D eigenvalue weighted by Gasteiger charge is 2.40. The average molecular weight is 561 g/mol. The summed E-state index contributed by atoms with van der Waals surface area (Å²) in [7, 11) is -2.48. The highest BCUT2D eigenvalue weighted by atomic mass is 35.5. The topological polar surface area (TPSA) is 148 Å². The number of methoxy groups -OCH3 is 1. The summed E-state index contributed by atoms with van der Waals surface area (Å²) in [5.41, 5.74) is 0.796. The molecule has 0 unspecified atom stereocenters. The van der Waals surface area contributed by atoms with E-state index in [2.05, 4.69) is 10.6 Å². The highest BCUT2D eigenvalue weighted by Crippen LogP contribution is 2.37. The van der Waals surface area contributed by atoms with Crippen LogP contribution >= 0.6 is 23.2 Å². The number of nitrogens with one attached hydrogen (secondary N) is 2. The molecule has 0 aromatic heterocycles. The molecule has 1 heterocycles. The maximum absolute atomic E-state index is 13.1. The van der Waals surface area contributed by atoms with Crippen LogP contribution in [0.3, 0.4) is 0 Å². The van der Waals surface area contributed by atoms with E-state index in [1.807, 2.05) is 0 Å². The summed E-state index contributed by atoms with van der Waals surface area (Å²) in [6.45, 7) is 0. The number of nitrogens with two attached hydrogens (primary N) is 1. The molecule has 0 radical (unpaired) electrons. The Hall–Kier alpha value is -3.90. The first-order chi connectivity index (χ1) is 17.5. The molecule has 0 aliphatic carbocycles. The number of imide groups is 1. The Kier molecular flexibility index (Phi) is 7.23. The number of carbonyl (C=O) groups excluding carboxylic acids is 3. The third-order valence-corrected chi connectivity index (χ3v) is 6.76. The fourth-order valence-corrected chi connectivity index (χ4v) is 4.38. The number of rotatable bonds is 7. The maximum atomic E-state index is 13.1. The van der Waals surface area contributed by atoms with Crippen LogP contribution in [-0.4, -0.2) is 33.2 Å². The lowest BCUT2D eigenvalue weighted by molar-refractivity contribution is -0.120. The third-order valence-electron chi connectivity index (χ3n) is 5.24. The first kappa shape index (κ1) is 26.2. The van der Waals surface area contributed by atoms with Gasteiger partial charge in [-0.15, -0.1) is 0 Å². The van der Waals surface area contributed by atoms with Crippen molar-refractivity contribution < 1.29 is 27.5 Å². The van der Waals surface area contributed by atoms with Crippen molar-refractivity contribution in [3.8, 4) is 5.75 Å². The second-order valence-electron chi connectivity index (χ2n) is 7.68. The summed E-state index contributed by atoms with van der Waals surface area (Å²) in [4.78, 5) is 39.4. The van der Waals surface area contributed by atoms with Crippen molar-refractivity contribution in [3.63, 3.8) is 0 Å². The molecule has 1 aliphatic heterocycles. The number of nitrogens with zero attached hydrogens (tertiary/aromatic N) is 1. The van der Waals surface area contributed by atoms with E-state index in [4.69, 9.17) is 33.1 Å². The number of amides is 3. The Morgan fingerprint density at radius 2 is 1.65 bits per heavy atom. The second kappa shape index (κ2) is 10.2. The molecule has 3 amide bonds. The second-order valence-corrected chi connectivity index (χ2v) is 10.1. The van der Waals surface area contributed by atoms with Crippen LogP contribution in [0.15, 0.2) is 82.4 Å². The SMILES string of the molecule is COc1ccc(Cl)cc1N1C(=O)C(Cl)=C(Nc2cccc(C(=O)Nc3ccc(S(N)(=O)=O)cc3)c2)C1=O. The standard InChI is InChI=1S/C24H18Cl2N4O6S/c1-36-19-10-5-14(25)12-18(19)30-23(32)20(26)21(24(30)33)28-16-4-2-3-13(11-16)22(31)29-15-6-8-17(9-7-15)37(27,34)35/h2-12,28H,1H3,(H,29,31)(H2,27,34,35). The van der Waals surface area contributed by atoms with E-state index in [-0.39, 0.29) is 37.6 Å². The lowest BCUT2D eigenvalue weighted by Crippen LogP contribution is -2.32. The van der Waals surface area contributed by atoms with Crippen LogP contribution in [0.1, 0.15) is 10.4 Å². The quantitative estimate of drug-likeness (QED) is 0.373. The minimum absolute atomic E-state index is 0.0953. The van der Waals surface area contributed by atoms with Crippen molar-refractivity contribution in [1.29, 1.82) is 0 Å². The summed E-state index contributed by atoms with van der Waals surface area (Å²) in [6.07, 6.45) is 0. The molecule has 4 N–H and O–H groups in total. The molecule has 3 aromatic rings. The first-order valence-electron chi connectivity index (χ1n) is 10.4. The van der Waals surface area contributed by atoms with Gasteiger partial charge in [0.1, 0.15) is 16.5 Å². The number of hydrogen-bond donors (Lipinski definition) is 3. The number of primary sulfonamides is 1. The number of ether oxygens (including phenoxy) is 1. The zero-order chi connectivity index (χ0) is 26.9. The van der Waals surface area contributed by atoms with Gasteiger partial charge in [0.2, 0.25) is 10.0 Å². The Morgan fingerprint density at radius 3 is 2.30 bits per heavy atom. The molecule has 37 heavy (non-hydrogen) atoms. The molecule has 0 fully saturated rings. The highest BCUT2D eigenvalue weighted by molar-refractivity contribution is 7.89. The van der Waals surface area contributed by atoms with Crippen LogP contribution in [0.25, 0.3) is 0 Å². The van der Waals surface area contributed by atoms with Gasteiger partial charge in [-0.1, -0.05) is 29.3 Å². The third kappa shape index (κ3) is 5.44. The van der Waals surface area contributed by atoms with E-state index in [9.17, 15) is 22.8 Å². The average Bonchev–Trinajstić information content (AvgIpc) is 3.07. The van der Waals surface area contributed by atoms with Gasteiger partial charge in [0.05, 0.1) is 17.7 Å². The summed E-state index contributed by atoms with van der Waals surface area (Å²) in [5, 5.41) is 10.5. The van der Waals surface area contributed by atoms with Gasteiger partial charge < -0.3 is 15.4 Å². The summed E-state index contributed by atoms with van der Waals surface area (Å²) in [5.74, 6) is -1.77. The molecule has 13 heteroatoms. The molecular formula is C24H18Cl2N4O6S. The van der Waals surface area contributed by atoms with Gasteiger partial charge in [-0.25, -0.2) is 18.5 Å². The van der Waals surface area contributed by atoms with E-state index in [0.717, 1.165) is 4.90 Å². The Morgan fingerprint density at radius 1 is 0.946 bits per heavy atom. The van der Waals surface area contributed by atoms with Crippen LogP contribution < -0.4 is 25.4 Å². The van der Waals surface area contributed by atoms with Gasteiger partial charge >= 0.3 is 0 Å². The summed E-state index contributed by atoms with van der Waals surface area (Å²) < 4.78 is 28.0. The fourth-order valence-electron chi connectivity index (χ4n) is 3.48. The molecular weight excluding hydrogens is 543 g/mol. The van der Waals surface area contributed by atoms with Gasteiger partial charge in [0, 0.05) is 22.0 Å². The van der Waals surface area contributed by atoms with E-state index in [1.54, 1.807) is 18.2 Å². The predicted molar refractivity (Wildman–Crippen MR) is 139 cm³/mol. The predicted octanol–water partition coefficient (Wildman–Crippen LogP) is 3.68. The van der Waals surface area contributed by atoms with Crippen molar-refractivity contribution in [3.05, 3.63) is 88.0 Å². The minimum Gasteiger partial charge on any atom is -0.495 e. The molecule has 0 saturated carbocycles. The zero-order valence-corrected chi connectivity index (χ0v) is 21.3. The van der Waals surface area contributed by atoms with E-state index >= 15 is 0 Å². The molecule has 10 nitrogen and oxygen atoms in total. The Labute approximate surface area is 221 Å². The minimum atomic E-state index is -3.86. The molecule has 4 rings (SSSR count). The van der Waals surface area contributed by atoms with Crippen LogP contribution in [0.2, 0.25) is 5.02 Å². The normalized spacial score (nSPS) is 13.7. The lowest BCUT2D eigenvalue weighted by atomic mass is 10.1. The Bertz CT molecular complexity index is 1570. The van der Waals surface area contributed by atoms with Crippen molar-refractivity contribution in [2.45, 2.75) is 4.90 Å². The molecule has 0 saturated heterocycles. The van der Waals surface area contributed by atoms with Gasteiger partial charge in [-0.05, 0) is 60.7 Å². The molecule has 190 valence electrons. The number of hydrogen-bond acceptors (Lipinski definition) is 7. The van der Waals surface area contributed by atoms with Gasteiger partial charge in [-0.3, -0.25) is 14.4 Å². The zero-order valence-electron chi connectivity index (χ0n) is 19.0. The largest absolute Gasteiger partial charge is 0.495 e. The molecule has 3 aromatic carbocycles. The lowest BCUT2D eigenvalue weighted by Gasteiger charge is -2.18. The number of carbonyl (C=O) groups is 3. The molecule has 0 bridgehead atoms. The van der Waals surface area contributed by atoms with Gasteiger partial charge in [0.25, 0.3) is 17.7 Å². The van der Waals surface area contributed by atoms with Crippen molar-refractivity contribution in [1.82, 2.24) is 0 Å². The van der Waals surface area contributed by atoms with Crippen LogP contribution in [0.4, 0.5) is 17.1 Å². The fraction of sp³-hybridized carbons (Fsp3) is 0.0417. The van der Waals surface area contributed by atoms with E-state index < -0.39 is 27.7 Å². The van der Waals surface area contributed by atoms with Crippen LogP contribution in [0, 0.1) is 0 Å².